The lowest BCUT2D eigenvalue weighted by atomic mass is 10.2. The summed E-state index contributed by atoms with van der Waals surface area (Å²) in [6, 6.07) is 8.50. The number of ketones is 1. The van der Waals surface area contributed by atoms with Crippen LogP contribution in [-0.4, -0.2) is 37.5 Å². The lowest BCUT2D eigenvalue weighted by Gasteiger charge is -2.13. The highest BCUT2D eigenvalue weighted by Gasteiger charge is 2.13. The Morgan fingerprint density at radius 1 is 1.00 bits per heavy atom. The summed E-state index contributed by atoms with van der Waals surface area (Å²) in [7, 11) is 0. The molecule has 1 N–H and O–H groups in total. The summed E-state index contributed by atoms with van der Waals surface area (Å²) in [5.74, 6) is -0.0871. The van der Waals surface area contributed by atoms with E-state index in [9.17, 15) is 14.4 Å². The van der Waals surface area contributed by atoms with Crippen molar-refractivity contribution in [1.29, 1.82) is 0 Å². The molecule has 0 saturated heterocycles. The molecule has 1 heterocycles. The van der Waals surface area contributed by atoms with Crippen molar-refractivity contribution in [2.45, 2.75) is 26.7 Å². The molecule has 2 rings (SSSR count). The highest BCUT2D eigenvalue weighted by Crippen LogP contribution is 2.30. The largest absolute Gasteiger partial charge is 0.490 e. The van der Waals surface area contributed by atoms with Crippen LogP contribution < -0.4 is 14.8 Å². The molecule has 0 radical (unpaired) electrons. The maximum atomic E-state index is 12.0. The van der Waals surface area contributed by atoms with Gasteiger partial charge in [0.25, 0.3) is 5.91 Å². The standard InChI is InChI=1S/C20H23NO6S/c1-3-25-16-9-7-14(12-17(16)26-4-2)21-19(23)13-27-20(24)10-8-15(22)18-6-5-11-28-18/h5-7,9,11-12H,3-4,8,10,13H2,1-2H3,(H,21,23). The number of hydrogen-bond donors (Lipinski definition) is 1. The van der Waals surface area contributed by atoms with E-state index < -0.39 is 18.5 Å². The lowest BCUT2D eigenvalue weighted by molar-refractivity contribution is -0.147. The van der Waals surface area contributed by atoms with Crippen molar-refractivity contribution in [3.05, 3.63) is 40.6 Å². The molecular weight excluding hydrogens is 382 g/mol. The second-order valence-corrected chi connectivity index (χ2v) is 6.58. The molecule has 8 heteroatoms. The molecule has 1 amide bonds. The Bertz CT molecular complexity index is 803. The average molecular weight is 405 g/mol. The molecular formula is C20H23NO6S. The minimum absolute atomic E-state index is 0.0531. The third kappa shape index (κ3) is 6.70. The van der Waals surface area contributed by atoms with E-state index in [0.29, 0.717) is 35.3 Å². The van der Waals surface area contributed by atoms with Gasteiger partial charge in [-0.2, -0.15) is 0 Å². The van der Waals surface area contributed by atoms with Crippen LogP contribution in [0.25, 0.3) is 0 Å². The fraction of sp³-hybridized carbons (Fsp3) is 0.350. The van der Waals surface area contributed by atoms with Crippen molar-refractivity contribution in [2.75, 3.05) is 25.1 Å². The molecule has 0 atom stereocenters. The first-order valence-corrected chi connectivity index (χ1v) is 9.83. The fourth-order valence-corrected chi connectivity index (χ4v) is 3.01. The van der Waals surface area contributed by atoms with Gasteiger partial charge in [0.1, 0.15) is 0 Å². The van der Waals surface area contributed by atoms with Gasteiger partial charge in [-0.3, -0.25) is 14.4 Å². The van der Waals surface area contributed by atoms with Crippen LogP contribution in [-0.2, 0) is 14.3 Å². The zero-order valence-corrected chi connectivity index (χ0v) is 16.7. The molecule has 0 spiro atoms. The zero-order valence-electron chi connectivity index (χ0n) is 15.9. The number of benzene rings is 1. The van der Waals surface area contributed by atoms with E-state index in [1.807, 2.05) is 13.8 Å². The predicted molar refractivity (Wildman–Crippen MR) is 106 cm³/mol. The van der Waals surface area contributed by atoms with Crippen LogP contribution >= 0.6 is 11.3 Å². The molecule has 1 aromatic carbocycles. The van der Waals surface area contributed by atoms with Gasteiger partial charge < -0.3 is 19.5 Å². The Labute approximate surface area is 167 Å². The van der Waals surface area contributed by atoms with Crippen LogP contribution in [0.3, 0.4) is 0 Å². The highest BCUT2D eigenvalue weighted by molar-refractivity contribution is 7.12. The van der Waals surface area contributed by atoms with Gasteiger partial charge in [0.2, 0.25) is 0 Å². The normalized spacial score (nSPS) is 10.2. The molecule has 2 aromatic rings. The quantitative estimate of drug-likeness (QED) is 0.453. The molecule has 0 saturated carbocycles. The van der Waals surface area contributed by atoms with Crippen molar-refractivity contribution >= 4 is 34.7 Å². The minimum Gasteiger partial charge on any atom is -0.490 e. The van der Waals surface area contributed by atoms with Gasteiger partial charge in [-0.25, -0.2) is 0 Å². The molecule has 150 valence electrons. The molecule has 0 aliphatic heterocycles. The molecule has 0 fully saturated rings. The first-order valence-electron chi connectivity index (χ1n) is 8.95. The Morgan fingerprint density at radius 2 is 1.75 bits per heavy atom. The van der Waals surface area contributed by atoms with Gasteiger partial charge in [-0.1, -0.05) is 6.07 Å². The summed E-state index contributed by atoms with van der Waals surface area (Å²) in [4.78, 5) is 36.2. The van der Waals surface area contributed by atoms with Crippen molar-refractivity contribution in [2.24, 2.45) is 0 Å². The summed E-state index contributed by atoms with van der Waals surface area (Å²) in [5.41, 5.74) is 0.501. The van der Waals surface area contributed by atoms with Crippen LogP contribution in [0.15, 0.2) is 35.7 Å². The molecule has 0 aliphatic rings. The summed E-state index contributed by atoms with van der Waals surface area (Å²) < 4.78 is 15.9. The number of thiophene rings is 1. The second kappa shape index (κ2) is 11.1. The van der Waals surface area contributed by atoms with Crippen molar-refractivity contribution in [3.8, 4) is 11.5 Å². The van der Waals surface area contributed by atoms with Crippen molar-refractivity contribution in [1.82, 2.24) is 0 Å². The van der Waals surface area contributed by atoms with Crippen molar-refractivity contribution < 1.29 is 28.6 Å². The van der Waals surface area contributed by atoms with Gasteiger partial charge in [-0.05, 0) is 37.4 Å². The minimum atomic E-state index is -0.596. The van der Waals surface area contributed by atoms with Crippen LogP contribution in [0.4, 0.5) is 5.69 Å². The Hall–Kier alpha value is -2.87. The van der Waals surface area contributed by atoms with E-state index in [0.717, 1.165) is 0 Å². The van der Waals surface area contributed by atoms with Gasteiger partial charge in [-0.15, -0.1) is 11.3 Å². The summed E-state index contributed by atoms with van der Waals surface area (Å²) >= 11 is 1.33. The molecule has 0 aliphatic carbocycles. The summed E-state index contributed by atoms with van der Waals surface area (Å²) in [6.45, 7) is 4.25. The maximum Gasteiger partial charge on any atom is 0.306 e. The highest BCUT2D eigenvalue weighted by atomic mass is 32.1. The van der Waals surface area contributed by atoms with E-state index in [-0.39, 0.29) is 18.6 Å². The monoisotopic (exact) mass is 405 g/mol. The third-order valence-electron chi connectivity index (χ3n) is 3.54. The number of hydrogen-bond acceptors (Lipinski definition) is 7. The maximum absolute atomic E-state index is 12.0. The topological polar surface area (TPSA) is 90.9 Å². The molecule has 0 bridgehead atoms. The second-order valence-electron chi connectivity index (χ2n) is 5.64. The molecule has 1 aromatic heterocycles. The third-order valence-corrected chi connectivity index (χ3v) is 4.45. The number of carbonyl (C=O) groups excluding carboxylic acids is 3. The van der Waals surface area contributed by atoms with E-state index in [1.54, 1.807) is 35.7 Å². The van der Waals surface area contributed by atoms with Gasteiger partial charge in [0, 0.05) is 18.2 Å². The predicted octanol–water partition coefficient (Wildman–Crippen LogP) is 3.69. The fourth-order valence-electron chi connectivity index (χ4n) is 2.32. The van der Waals surface area contributed by atoms with Gasteiger partial charge in [0.15, 0.2) is 23.9 Å². The number of ether oxygens (including phenoxy) is 3. The smallest absolute Gasteiger partial charge is 0.306 e. The molecule has 0 unspecified atom stereocenters. The van der Waals surface area contributed by atoms with E-state index in [1.165, 1.54) is 11.3 Å². The van der Waals surface area contributed by atoms with Crippen molar-refractivity contribution in [3.63, 3.8) is 0 Å². The number of Topliss-reactive ketones (excluding diaryl/α,β-unsaturated/α-hetero) is 1. The summed E-state index contributed by atoms with van der Waals surface area (Å²) in [5, 5.41) is 4.44. The summed E-state index contributed by atoms with van der Waals surface area (Å²) in [6.07, 6.45) is -0.0148. The van der Waals surface area contributed by atoms with E-state index >= 15 is 0 Å². The van der Waals surface area contributed by atoms with Crippen LogP contribution in [0, 0.1) is 0 Å². The number of rotatable bonds is 11. The average Bonchev–Trinajstić information content (AvgIpc) is 3.22. The van der Waals surface area contributed by atoms with E-state index in [4.69, 9.17) is 14.2 Å². The van der Waals surface area contributed by atoms with E-state index in [2.05, 4.69) is 5.32 Å². The molecule has 7 nitrogen and oxygen atoms in total. The lowest BCUT2D eigenvalue weighted by Crippen LogP contribution is -2.21. The Balaban J connectivity index is 1.79. The van der Waals surface area contributed by atoms with Gasteiger partial charge in [0.05, 0.1) is 24.5 Å². The van der Waals surface area contributed by atoms with Crippen LogP contribution in [0.2, 0.25) is 0 Å². The zero-order chi connectivity index (χ0) is 20.4. The first kappa shape index (κ1) is 21.4. The first-order chi connectivity index (χ1) is 13.5. The van der Waals surface area contributed by atoms with Gasteiger partial charge >= 0.3 is 5.97 Å². The Kier molecular flexibility index (Phi) is 8.48. The number of esters is 1. The number of nitrogens with one attached hydrogen (secondary N) is 1. The van der Waals surface area contributed by atoms with Crippen LogP contribution in [0.5, 0.6) is 11.5 Å². The molecule has 28 heavy (non-hydrogen) atoms. The Morgan fingerprint density at radius 3 is 2.43 bits per heavy atom. The SMILES string of the molecule is CCOc1ccc(NC(=O)COC(=O)CCC(=O)c2cccs2)cc1OCC. The van der Waals surface area contributed by atoms with Crippen LogP contribution in [0.1, 0.15) is 36.4 Å². The number of anilines is 1. The number of carbonyl (C=O) groups is 3. The number of amides is 1.